The monoisotopic (exact) mass is 400 g/mol. The van der Waals surface area contributed by atoms with Crippen molar-refractivity contribution < 1.29 is 8.78 Å². The van der Waals surface area contributed by atoms with Gasteiger partial charge in [0, 0.05) is 17.8 Å². The van der Waals surface area contributed by atoms with Gasteiger partial charge in [-0.25, -0.2) is 28.2 Å². The molecule has 0 atom stereocenters. The predicted molar refractivity (Wildman–Crippen MR) is 106 cm³/mol. The molecule has 1 fully saturated rings. The molecule has 0 spiro atoms. The molecule has 1 saturated carbocycles. The second kappa shape index (κ2) is 7.70. The molecule has 0 amide bonds. The molecular formula is C19H22F2N8. The summed E-state index contributed by atoms with van der Waals surface area (Å²) in [6.07, 6.45) is 4.76. The molecule has 4 N–H and O–H groups in total. The first-order valence-corrected chi connectivity index (χ1v) is 9.40. The minimum Gasteiger partial charge on any atom is -0.367 e. The number of nitrogens with zero attached hydrogens (tertiary/aromatic N) is 6. The topological polar surface area (TPSA) is 113 Å². The average Bonchev–Trinajstić information content (AvgIpc) is 3.20. The van der Waals surface area contributed by atoms with Crippen molar-refractivity contribution in [2.24, 2.45) is 5.73 Å². The number of anilines is 1. The zero-order chi connectivity index (χ0) is 20.5. The van der Waals surface area contributed by atoms with E-state index in [1.54, 1.807) is 36.0 Å². The van der Waals surface area contributed by atoms with Gasteiger partial charge in [0.05, 0.1) is 24.0 Å². The smallest absolute Gasteiger partial charge is 0.256 e. The van der Waals surface area contributed by atoms with Crippen LogP contribution < -0.4 is 11.5 Å². The Labute approximate surface area is 165 Å². The first kappa shape index (κ1) is 19.2. The van der Waals surface area contributed by atoms with Crippen molar-refractivity contribution in [3.63, 3.8) is 0 Å². The molecule has 8 nitrogen and oxygen atoms in total. The van der Waals surface area contributed by atoms with Gasteiger partial charge in [0.25, 0.3) is 6.43 Å². The number of nitrogens with two attached hydrogens (primary N) is 2. The second-order valence-corrected chi connectivity index (χ2v) is 7.07. The lowest BCUT2D eigenvalue weighted by atomic mass is 9.95. The molecule has 152 valence electrons. The van der Waals surface area contributed by atoms with Gasteiger partial charge < -0.3 is 16.0 Å². The first-order valence-electron chi connectivity index (χ1n) is 9.40. The fraction of sp³-hybridized carbons (Fsp3) is 0.368. The van der Waals surface area contributed by atoms with Crippen molar-refractivity contribution in [3.8, 4) is 11.3 Å². The van der Waals surface area contributed by atoms with E-state index < -0.39 is 13.0 Å². The molecule has 0 aliphatic heterocycles. The lowest BCUT2D eigenvalue weighted by Crippen LogP contribution is -2.27. The van der Waals surface area contributed by atoms with Gasteiger partial charge in [0.2, 0.25) is 5.95 Å². The largest absolute Gasteiger partial charge is 0.367 e. The van der Waals surface area contributed by atoms with Crippen molar-refractivity contribution in [3.05, 3.63) is 36.4 Å². The number of halogens is 2. The average molecular weight is 400 g/mol. The van der Waals surface area contributed by atoms with Crippen molar-refractivity contribution in [1.29, 1.82) is 0 Å². The molecule has 29 heavy (non-hydrogen) atoms. The Morgan fingerprint density at radius 2 is 1.97 bits per heavy atom. The van der Waals surface area contributed by atoms with Crippen LogP contribution in [0, 0.1) is 6.92 Å². The summed E-state index contributed by atoms with van der Waals surface area (Å²) in [5.41, 5.74) is 14.1. The van der Waals surface area contributed by atoms with Gasteiger partial charge in [-0.05, 0) is 38.0 Å². The standard InChI is InChI=1S/C15H13F2N7.C4H9N/c1-8-20-11-3-2-10(21-14(11)23(8)7-13(16)17)9-4-5-24-12(9)6-19-15(18)22-24;5-4-2-1-3-4/h2-6,13H,7H2,1H3,(H2,18,22);4H,1-3,5H2. The lowest BCUT2D eigenvalue weighted by Gasteiger charge is -2.18. The van der Waals surface area contributed by atoms with Gasteiger partial charge in [0.1, 0.15) is 11.3 Å². The predicted octanol–water partition coefficient (Wildman–Crippen LogP) is 2.79. The van der Waals surface area contributed by atoms with Crippen LogP contribution in [0.25, 0.3) is 27.9 Å². The fourth-order valence-electron chi connectivity index (χ4n) is 3.19. The number of imidazole rings is 1. The third kappa shape index (κ3) is 3.88. The van der Waals surface area contributed by atoms with Crippen molar-refractivity contribution >= 4 is 22.6 Å². The summed E-state index contributed by atoms with van der Waals surface area (Å²) < 4.78 is 28.7. The Morgan fingerprint density at radius 3 is 2.62 bits per heavy atom. The van der Waals surface area contributed by atoms with Gasteiger partial charge in [-0.3, -0.25) is 0 Å². The normalized spacial score (nSPS) is 14.2. The molecule has 4 heterocycles. The van der Waals surface area contributed by atoms with Gasteiger partial charge >= 0.3 is 0 Å². The number of aryl methyl sites for hydroxylation is 1. The second-order valence-electron chi connectivity index (χ2n) is 7.07. The number of pyridine rings is 1. The molecule has 0 bridgehead atoms. The Morgan fingerprint density at radius 1 is 1.21 bits per heavy atom. The van der Waals surface area contributed by atoms with Crippen LogP contribution in [-0.2, 0) is 6.54 Å². The van der Waals surface area contributed by atoms with Crippen LogP contribution in [0.2, 0.25) is 0 Å². The molecule has 10 heteroatoms. The maximum Gasteiger partial charge on any atom is 0.256 e. The maximum absolute atomic E-state index is 12.8. The van der Waals surface area contributed by atoms with Crippen LogP contribution in [0.4, 0.5) is 14.7 Å². The Kier molecular flexibility index (Phi) is 5.10. The number of aromatic nitrogens is 6. The molecule has 1 aliphatic rings. The van der Waals surface area contributed by atoms with Crippen LogP contribution in [0.1, 0.15) is 25.1 Å². The van der Waals surface area contributed by atoms with E-state index in [-0.39, 0.29) is 5.95 Å². The van der Waals surface area contributed by atoms with E-state index in [9.17, 15) is 8.78 Å². The summed E-state index contributed by atoms with van der Waals surface area (Å²) in [4.78, 5) is 12.8. The third-order valence-electron chi connectivity index (χ3n) is 4.96. The van der Waals surface area contributed by atoms with E-state index in [0.29, 0.717) is 28.7 Å². The number of fused-ring (bicyclic) bond motifs is 2. The van der Waals surface area contributed by atoms with Crippen LogP contribution in [0.3, 0.4) is 0 Å². The summed E-state index contributed by atoms with van der Waals surface area (Å²) in [5, 5.41) is 4.08. The molecule has 4 aromatic heterocycles. The zero-order valence-corrected chi connectivity index (χ0v) is 16.0. The van der Waals surface area contributed by atoms with Crippen molar-refractivity contribution in [2.75, 3.05) is 5.73 Å². The first-order chi connectivity index (χ1) is 13.9. The van der Waals surface area contributed by atoms with E-state index in [0.717, 1.165) is 11.1 Å². The molecule has 0 aromatic carbocycles. The van der Waals surface area contributed by atoms with E-state index in [2.05, 4.69) is 20.1 Å². The Bertz CT molecular complexity index is 1150. The highest BCUT2D eigenvalue weighted by Gasteiger charge is 2.15. The van der Waals surface area contributed by atoms with E-state index in [4.69, 9.17) is 11.5 Å². The van der Waals surface area contributed by atoms with E-state index >= 15 is 0 Å². The third-order valence-corrected chi connectivity index (χ3v) is 4.96. The Balaban J connectivity index is 0.000000359. The van der Waals surface area contributed by atoms with Crippen LogP contribution in [-0.4, -0.2) is 41.6 Å². The molecule has 0 saturated heterocycles. The van der Waals surface area contributed by atoms with Gasteiger partial charge in [-0.1, -0.05) is 6.42 Å². The SMILES string of the molecule is Cc1nc2ccc(-c3ccn4nc(N)ncc34)nc2n1CC(F)F.NC1CCC1. The number of rotatable bonds is 3. The Hall–Kier alpha value is -3.14. The van der Waals surface area contributed by atoms with E-state index in [1.807, 2.05) is 6.07 Å². The summed E-state index contributed by atoms with van der Waals surface area (Å²) in [6.45, 7) is 1.25. The molecule has 4 aromatic rings. The fourth-order valence-corrected chi connectivity index (χ4v) is 3.19. The summed E-state index contributed by atoms with van der Waals surface area (Å²) in [7, 11) is 0. The molecule has 1 aliphatic carbocycles. The maximum atomic E-state index is 12.8. The van der Waals surface area contributed by atoms with Crippen LogP contribution in [0.5, 0.6) is 0 Å². The highest BCUT2D eigenvalue weighted by molar-refractivity contribution is 5.82. The minimum absolute atomic E-state index is 0.165. The number of nitrogen functional groups attached to an aromatic ring is 1. The summed E-state index contributed by atoms with van der Waals surface area (Å²) in [5.74, 6) is 0.673. The number of hydrogen-bond donors (Lipinski definition) is 2. The summed E-state index contributed by atoms with van der Waals surface area (Å²) >= 11 is 0. The van der Waals surface area contributed by atoms with Crippen LogP contribution in [0.15, 0.2) is 30.6 Å². The zero-order valence-electron chi connectivity index (χ0n) is 16.0. The molecule has 0 unspecified atom stereocenters. The van der Waals surface area contributed by atoms with Gasteiger partial charge in [-0.15, -0.1) is 5.10 Å². The van der Waals surface area contributed by atoms with Gasteiger partial charge in [-0.2, -0.15) is 0 Å². The molecule has 5 rings (SSSR count). The van der Waals surface area contributed by atoms with Crippen LogP contribution >= 0.6 is 0 Å². The molecular weight excluding hydrogens is 378 g/mol. The highest BCUT2D eigenvalue weighted by atomic mass is 19.3. The molecule has 0 radical (unpaired) electrons. The summed E-state index contributed by atoms with van der Waals surface area (Å²) in [6, 6.07) is 5.97. The number of alkyl halides is 2. The number of hydrogen-bond acceptors (Lipinski definition) is 6. The highest BCUT2D eigenvalue weighted by Crippen LogP contribution is 2.26. The van der Waals surface area contributed by atoms with Crippen molar-refractivity contribution in [2.45, 2.75) is 45.2 Å². The minimum atomic E-state index is -2.47. The van der Waals surface area contributed by atoms with Crippen molar-refractivity contribution in [1.82, 2.24) is 29.1 Å². The van der Waals surface area contributed by atoms with Gasteiger partial charge in [0.15, 0.2) is 5.65 Å². The quantitative estimate of drug-likeness (QED) is 0.547. The van der Waals surface area contributed by atoms with E-state index in [1.165, 1.54) is 23.8 Å². The lowest BCUT2D eigenvalue weighted by molar-refractivity contribution is 0.127.